The zero-order chi connectivity index (χ0) is 17.9. The molecule has 0 fully saturated rings. The van der Waals surface area contributed by atoms with Gasteiger partial charge in [-0.2, -0.15) is 5.26 Å². The van der Waals surface area contributed by atoms with E-state index in [1.54, 1.807) is 0 Å². The molecule has 0 aliphatic heterocycles. The summed E-state index contributed by atoms with van der Waals surface area (Å²) in [6.45, 7) is 2.75. The van der Waals surface area contributed by atoms with E-state index < -0.39 is 0 Å². The van der Waals surface area contributed by atoms with Crippen LogP contribution in [0.1, 0.15) is 27.9 Å². The normalized spacial score (nSPS) is 10.8. The Kier molecular flexibility index (Phi) is 4.25. The van der Waals surface area contributed by atoms with Crippen LogP contribution in [0.4, 0.5) is 0 Å². The average Bonchev–Trinajstić information content (AvgIpc) is 3.10. The van der Waals surface area contributed by atoms with Crippen LogP contribution >= 0.6 is 0 Å². The minimum atomic E-state index is 0.648. The van der Waals surface area contributed by atoms with Gasteiger partial charge in [0.25, 0.3) is 0 Å². The van der Waals surface area contributed by atoms with Gasteiger partial charge in [0.05, 0.1) is 17.6 Å². The van der Waals surface area contributed by atoms with Crippen molar-refractivity contribution in [2.24, 2.45) is 0 Å². The standard InChI is InChI=1S/C23H19N3/c1-17-8-10-18(11-9-17)13-20-5-4-12-26(20)16-19-15-25-23-7-3-2-6-21(23)22(19)14-24/h2-12,15H,13,16H2,1H3. The topological polar surface area (TPSA) is 41.6 Å². The number of hydrogen-bond acceptors (Lipinski definition) is 2. The minimum Gasteiger partial charge on any atom is -0.347 e. The van der Waals surface area contributed by atoms with Gasteiger partial charge in [-0.3, -0.25) is 4.98 Å². The second-order valence-corrected chi connectivity index (χ2v) is 6.58. The molecule has 0 spiro atoms. The highest BCUT2D eigenvalue weighted by molar-refractivity contribution is 5.85. The van der Waals surface area contributed by atoms with Crippen LogP contribution in [0.25, 0.3) is 10.9 Å². The number of nitriles is 1. The third-order valence-electron chi connectivity index (χ3n) is 4.74. The molecule has 0 aliphatic carbocycles. The van der Waals surface area contributed by atoms with Crippen LogP contribution in [0.2, 0.25) is 0 Å². The largest absolute Gasteiger partial charge is 0.347 e. The lowest BCUT2D eigenvalue weighted by Gasteiger charge is -2.12. The predicted octanol–water partition coefficient (Wildman–Crippen LogP) is 4.86. The number of nitrogens with zero attached hydrogens (tertiary/aromatic N) is 3. The van der Waals surface area contributed by atoms with Crippen molar-refractivity contribution in [1.82, 2.24) is 9.55 Å². The van der Waals surface area contributed by atoms with Crippen LogP contribution < -0.4 is 0 Å². The van der Waals surface area contributed by atoms with Crippen molar-refractivity contribution in [2.75, 3.05) is 0 Å². The molecule has 0 N–H and O–H groups in total. The maximum Gasteiger partial charge on any atom is 0.100 e. The molecule has 3 heteroatoms. The zero-order valence-electron chi connectivity index (χ0n) is 14.7. The van der Waals surface area contributed by atoms with E-state index in [2.05, 4.69) is 65.1 Å². The summed E-state index contributed by atoms with van der Waals surface area (Å²) in [6, 6.07) is 23.0. The molecule has 0 radical (unpaired) electrons. The lowest BCUT2D eigenvalue weighted by Crippen LogP contribution is -2.06. The molecule has 0 amide bonds. The molecule has 0 saturated carbocycles. The van der Waals surface area contributed by atoms with Crippen LogP contribution in [0.3, 0.4) is 0 Å². The van der Waals surface area contributed by atoms with E-state index >= 15 is 0 Å². The molecule has 2 aromatic carbocycles. The van der Waals surface area contributed by atoms with Gasteiger partial charge in [0.15, 0.2) is 0 Å². The lowest BCUT2D eigenvalue weighted by molar-refractivity contribution is 0.755. The van der Waals surface area contributed by atoms with E-state index in [-0.39, 0.29) is 0 Å². The summed E-state index contributed by atoms with van der Waals surface area (Å²) >= 11 is 0. The lowest BCUT2D eigenvalue weighted by atomic mass is 10.0. The van der Waals surface area contributed by atoms with Crippen LogP contribution in [-0.4, -0.2) is 9.55 Å². The fourth-order valence-corrected chi connectivity index (χ4v) is 3.30. The molecule has 4 rings (SSSR count). The summed E-state index contributed by atoms with van der Waals surface area (Å²) in [5.41, 5.74) is 6.31. The third-order valence-corrected chi connectivity index (χ3v) is 4.74. The van der Waals surface area contributed by atoms with E-state index in [1.165, 1.54) is 16.8 Å². The summed E-state index contributed by atoms with van der Waals surface area (Å²) in [5, 5.41) is 10.6. The molecule has 4 aromatic rings. The third kappa shape index (κ3) is 3.10. The van der Waals surface area contributed by atoms with Crippen LogP contribution in [0, 0.1) is 18.3 Å². The Morgan fingerprint density at radius 2 is 1.81 bits per heavy atom. The molecule has 0 atom stereocenters. The number of benzene rings is 2. The molecule has 126 valence electrons. The Labute approximate surface area is 153 Å². The monoisotopic (exact) mass is 337 g/mol. The van der Waals surface area contributed by atoms with E-state index in [0.29, 0.717) is 12.1 Å². The van der Waals surface area contributed by atoms with Crippen molar-refractivity contribution in [3.05, 3.63) is 101 Å². The number of fused-ring (bicyclic) bond motifs is 1. The van der Waals surface area contributed by atoms with Gasteiger partial charge in [-0.1, -0.05) is 48.0 Å². The predicted molar refractivity (Wildman–Crippen MR) is 104 cm³/mol. The average molecular weight is 337 g/mol. The second kappa shape index (κ2) is 6.85. The van der Waals surface area contributed by atoms with E-state index in [1.807, 2.05) is 30.5 Å². The fourth-order valence-electron chi connectivity index (χ4n) is 3.30. The van der Waals surface area contributed by atoms with Crippen molar-refractivity contribution in [3.63, 3.8) is 0 Å². The van der Waals surface area contributed by atoms with E-state index in [0.717, 1.165) is 22.9 Å². The van der Waals surface area contributed by atoms with Gasteiger partial charge in [0, 0.05) is 35.5 Å². The number of para-hydroxylation sites is 1. The van der Waals surface area contributed by atoms with Gasteiger partial charge in [0.2, 0.25) is 0 Å². The van der Waals surface area contributed by atoms with Crippen LogP contribution in [0.15, 0.2) is 73.1 Å². The Balaban J connectivity index is 1.67. The molecule has 2 aromatic heterocycles. The van der Waals surface area contributed by atoms with Crippen molar-refractivity contribution in [2.45, 2.75) is 19.9 Å². The van der Waals surface area contributed by atoms with Crippen molar-refractivity contribution >= 4 is 10.9 Å². The first-order valence-corrected chi connectivity index (χ1v) is 8.71. The molecule has 2 heterocycles. The van der Waals surface area contributed by atoms with Gasteiger partial charge < -0.3 is 4.57 Å². The number of pyridine rings is 1. The summed E-state index contributed by atoms with van der Waals surface area (Å²) in [4.78, 5) is 4.53. The van der Waals surface area contributed by atoms with Gasteiger partial charge in [-0.05, 0) is 30.7 Å². The van der Waals surface area contributed by atoms with Crippen molar-refractivity contribution in [1.29, 1.82) is 5.26 Å². The number of aryl methyl sites for hydroxylation is 1. The Hall–Kier alpha value is -3.38. The highest BCUT2D eigenvalue weighted by Crippen LogP contribution is 2.21. The first kappa shape index (κ1) is 16.1. The molecule has 3 nitrogen and oxygen atoms in total. The first-order chi connectivity index (χ1) is 12.7. The zero-order valence-corrected chi connectivity index (χ0v) is 14.7. The van der Waals surface area contributed by atoms with E-state index in [4.69, 9.17) is 0 Å². The summed E-state index contributed by atoms with van der Waals surface area (Å²) in [7, 11) is 0. The first-order valence-electron chi connectivity index (χ1n) is 8.71. The highest BCUT2D eigenvalue weighted by Gasteiger charge is 2.10. The highest BCUT2D eigenvalue weighted by atomic mass is 15.0. The number of hydrogen-bond donors (Lipinski definition) is 0. The van der Waals surface area contributed by atoms with Crippen LogP contribution in [0.5, 0.6) is 0 Å². The molecular weight excluding hydrogens is 318 g/mol. The number of aromatic nitrogens is 2. The molecule has 0 bridgehead atoms. The summed E-state index contributed by atoms with van der Waals surface area (Å²) in [5.74, 6) is 0. The molecule has 26 heavy (non-hydrogen) atoms. The number of rotatable bonds is 4. The Morgan fingerprint density at radius 3 is 2.62 bits per heavy atom. The minimum absolute atomic E-state index is 0.648. The Bertz CT molecular complexity index is 1100. The quantitative estimate of drug-likeness (QED) is 0.534. The smallest absolute Gasteiger partial charge is 0.100 e. The maximum absolute atomic E-state index is 9.69. The van der Waals surface area contributed by atoms with Gasteiger partial charge in [-0.25, -0.2) is 0 Å². The molecular formula is C23H19N3. The van der Waals surface area contributed by atoms with E-state index in [9.17, 15) is 5.26 Å². The molecule has 0 unspecified atom stereocenters. The molecule has 0 aliphatic rings. The SMILES string of the molecule is Cc1ccc(Cc2cccn2Cc2cnc3ccccc3c2C#N)cc1. The van der Waals surface area contributed by atoms with Gasteiger partial charge in [-0.15, -0.1) is 0 Å². The van der Waals surface area contributed by atoms with Crippen LogP contribution in [-0.2, 0) is 13.0 Å². The summed E-state index contributed by atoms with van der Waals surface area (Å²) < 4.78 is 2.20. The van der Waals surface area contributed by atoms with Gasteiger partial charge >= 0.3 is 0 Å². The second-order valence-electron chi connectivity index (χ2n) is 6.58. The Morgan fingerprint density at radius 1 is 1.00 bits per heavy atom. The van der Waals surface area contributed by atoms with Crippen molar-refractivity contribution < 1.29 is 0 Å². The van der Waals surface area contributed by atoms with Gasteiger partial charge in [0.1, 0.15) is 6.07 Å². The van der Waals surface area contributed by atoms with Crippen molar-refractivity contribution in [3.8, 4) is 6.07 Å². The maximum atomic E-state index is 9.69. The summed E-state index contributed by atoms with van der Waals surface area (Å²) in [6.07, 6.45) is 4.77. The fraction of sp³-hybridized carbons (Fsp3) is 0.130. The molecule has 0 saturated heterocycles.